The van der Waals surface area contributed by atoms with Crippen molar-refractivity contribution in [1.29, 1.82) is 0 Å². The van der Waals surface area contributed by atoms with Gasteiger partial charge in [-0.1, -0.05) is 140 Å². The zero-order valence-corrected chi connectivity index (χ0v) is 29.5. The van der Waals surface area contributed by atoms with Gasteiger partial charge in [-0.15, -0.1) is 11.3 Å². The van der Waals surface area contributed by atoms with Crippen molar-refractivity contribution < 1.29 is 4.42 Å². The molecule has 2 aromatic heterocycles. The fourth-order valence-corrected chi connectivity index (χ4v) is 9.35. The Balaban J connectivity index is 1.15. The van der Waals surface area contributed by atoms with E-state index >= 15 is 0 Å². The van der Waals surface area contributed by atoms with Crippen molar-refractivity contribution in [2.45, 2.75) is 0 Å². The number of rotatable bonds is 5. The number of hydrogen-bond donors (Lipinski definition) is 0. The molecule has 0 aliphatic rings. The third-order valence-corrected chi connectivity index (χ3v) is 11.8. The Morgan fingerprint density at radius 2 is 1.02 bits per heavy atom. The molecule has 248 valence electrons. The molecule has 0 radical (unpaired) electrons. The van der Waals surface area contributed by atoms with E-state index in [4.69, 9.17) is 4.42 Å². The molecule has 0 unspecified atom stereocenters. The summed E-state index contributed by atoms with van der Waals surface area (Å²) in [5.41, 5.74) is 9.81. The summed E-state index contributed by atoms with van der Waals surface area (Å²) in [6.45, 7) is 0. The summed E-state index contributed by atoms with van der Waals surface area (Å²) >= 11 is 1.86. The molecule has 0 atom stereocenters. The van der Waals surface area contributed by atoms with Crippen LogP contribution in [0.15, 0.2) is 192 Å². The maximum atomic E-state index is 6.71. The normalized spacial score (nSPS) is 11.8. The largest absolute Gasteiger partial charge is 0.455 e. The summed E-state index contributed by atoms with van der Waals surface area (Å²) < 4.78 is 9.32. The SMILES string of the molecule is c1ccc(N(c2ccc(-c3cccc4ccccc34)cc2)c2cccc3oc4c5ccccc5ccc4c23)c(-c2ccc3c(c2)sc2ccccc23)c1. The molecule has 53 heavy (non-hydrogen) atoms. The van der Waals surface area contributed by atoms with Crippen LogP contribution in [0.25, 0.3) is 85.9 Å². The van der Waals surface area contributed by atoms with E-state index in [1.165, 1.54) is 58.6 Å². The molecule has 0 spiro atoms. The lowest BCUT2D eigenvalue weighted by Gasteiger charge is -2.28. The Bertz CT molecular complexity index is 3180. The first kappa shape index (κ1) is 30.0. The maximum Gasteiger partial charge on any atom is 0.143 e. The molecule has 9 aromatic carbocycles. The molecule has 0 saturated heterocycles. The molecule has 0 aliphatic heterocycles. The van der Waals surface area contributed by atoms with Crippen LogP contribution < -0.4 is 4.90 Å². The first-order valence-corrected chi connectivity index (χ1v) is 18.8. The van der Waals surface area contributed by atoms with E-state index in [1.54, 1.807) is 0 Å². The fourth-order valence-electron chi connectivity index (χ4n) is 8.20. The number of nitrogens with zero attached hydrogens (tertiary/aromatic N) is 1. The van der Waals surface area contributed by atoms with Crippen molar-refractivity contribution in [3.63, 3.8) is 0 Å². The van der Waals surface area contributed by atoms with Gasteiger partial charge in [-0.25, -0.2) is 0 Å². The van der Waals surface area contributed by atoms with Gasteiger partial charge in [0.15, 0.2) is 0 Å². The molecule has 2 nitrogen and oxygen atoms in total. The summed E-state index contributed by atoms with van der Waals surface area (Å²) in [5, 5.41) is 9.60. The van der Waals surface area contributed by atoms with Crippen LogP contribution in [0.2, 0.25) is 0 Å². The Hall–Kier alpha value is -6.68. The van der Waals surface area contributed by atoms with Gasteiger partial charge >= 0.3 is 0 Å². The van der Waals surface area contributed by atoms with Crippen molar-refractivity contribution in [2.75, 3.05) is 4.90 Å². The van der Waals surface area contributed by atoms with Gasteiger partial charge in [0.25, 0.3) is 0 Å². The van der Waals surface area contributed by atoms with Crippen LogP contribution in [0.4, 0.5) is 17.1 Å². The van der Waals surface area contributed by atoms with Crippen LogP contribution in [-0.2, 0) is 0 Å². The van der Waals surface area contributed by atoms with Crippen LogP contribution in [0.3, 0.4) is 0 Å². The summed E-state index contributed by atoms with van der Waals surface area (Å²) in [6.07, 6.45) is 0. The molecule has 0 saturated carbocycles. The highest BCUT2D eigenvalue weighted by molar-refractivity contribution is 7.25. The van der Waals surface area contributed by atoms with E-state index in [9.17, 15) is 0 Å². The zero-order chi connectivity index (χ0) is 34.9. The second-order valence-electron chi connectivity index (χ2n) is 13.7. The smallest absolute Gasteiger partial charge is 0.143 e. The Kier molecular flexibility index (Phi) is 6.76. The lowest BCUT2D eigenvalue weighted by Crippen LogP contribution is -2.11. The highest BCUT2D eigenvalue weighted by Crippen LogP contribution is 2.48. The van der Waals surface area contributed by atoms with Gasteiger partial charge in [0.05, 0.1) is 16.8 Å². The van der Waals surface area contributed by atoms with Crippen molar-refractivity contribution in [3.8, 4) is 22.3 Å². The molecule has 0 amide bonds. The first-order valence-electron chi connectivity index (χ1n) is 18.0. The topological polar surface area (TPSA) is 16.4 Å². The number of benzene rings is 9. The van der Waals surface area contributed by atoms with Crippen LogP contribution in [0, 0.1) is 0 Å². The third-order valence-electron chi connectivity index (χ3n) is 10.7. The minimum Gasteiger partial charge on any atom is -0.455 e. The van der Waals surface area contributed by atoms with E-state index in [-0.39, 0.29) is 0 Å². The Labute approximate surface area is 310 Å². The van der Waals surface area contributed by atoms with Crippen molar-refractivity contribution in [2.24, 2.45) is 0 Å². The molecule has 0 aliphatic carbocycles. The van der Waals surface area contributed by atoms with E-state index in [0.29, 0.717) is 0 Å². The average molecular weight is 694 g/mol. The Morgan fingerprint density at radius 1 is 0.396 bits per heavy atom. The molecule has 0 fully saturated rings. The lowest BCUT2D eigenvalue weighted by atomic mass is 9.97. The minimum absolute atomic E-state index is 0.871. The van der Waals surface area contributed by atoms with E-state index in [0.717, 1.165) is 44.4 Å². The van der Waals surface area contributed by atoms with Gasteiger partial charge in [0, 0.05) is 42.2 Å². The fraction of sp³-hybridized carbons (Fsp3) is 0. The maximum absolute atomic E-state index is 6.71. The standard InChI is InChI=1S/C50H31NOS/c1-3-14-37-32(11-1)13-9-18-38(37)34-23-27-36(28-24-34)51(45-20-10-21-46-49(45)43-30-25-33-12-2-4-16-40(33)50(43)52-46)44-19-7-5-15-39(44)35-26-29-42-41-17-6-8-22-47(41)53-48(42)31-35/h1-31H. The van der Waals surface area contributed by atoms with Crippen LogP contribution >= 0.6 is 11.3 Å². The third kappa shape index (κ3) is 4.78. The molecule has 3 heteroatoms. The number of fused-ring (bicyclic) bond motifs is 9. The van der Waals surface area contributed by atoms with Crippen molar-refractivity contribution in [3.05, 3.63) is 188 Å². The van der Waals surface area contributed by atoms with Gasteiger partial charge in [-0.05, 0) is 81.4 Å². The monoisotopic (exact) mass is 693 g/mol. The van der Waals surface area contributed by atoms with Crippen molar-refractivity contribution >= 4 is 92.1 Å². The lowest BCUT2D eigenvalue weighted by molar-refractivity contribution is 0.672. The molecule has 2 heterocycles. The molecule has 0 N–H and O–H groups in total. The molecule has 0 bridgehead atoms. The highest BCUT2D eigenvalue weighted by Gasteiger charge is 2.23. The second kappa shape index (κ2) is 11.9. The predicted octanol–water partition coefficient (Wildman–Crippen LogP) is 15.1. The summed E-state index contributed by atoms with van der Waals surface area (Å²) in [4.78, 5) is 2.42. The molecule has 11 aromatic rings. The van der Waals surface area contributed by atoms with E-state index in [1.807, 2.05) is 11.3 Å². The predicted molar refractivity (Wildman–Crippen MR) is 227 cm³/mol. The van der Waals surface area contributed by atoms with Crippen LogP contribution in [0.1, 0.15) is 0 Å². The summed E-state index contributed by atoms with van der Waals surface area (Å²) in [7, 11) is 0. The second-order valence-corrected chi connectivity index (χ2v) is 14.7. The van der Waals surface area contributed by atoms with Gasteiger partial charge in [0.1, 0.15) is 11.2 Å². The van der Waals surface area contributed by atoms with Crippen LogP contribution in [-0.4, -0.2) is 0 Å². The van der Waals surface area contributed by atoms with Crippen LogP contribution in [0.5, 0.6) is 0 Å². The summed E-state index contributed by atoms with van der Waals surface area (Å²) in [5.74, 6) is 0. The van der Waals surface area contributed by atoms with Gasteiger partial charge < -0.3 is 9.32 Å². The van der Waals surface area contributed by atoms with E-state index < -0.39 is 0 Å². The molecule has 11 rings (SSSR count). The minimum atomic E-state index is 0.871. The highest BCUT2D eigenvalue weighted by atomic mass is 32.1. The van der Waals surface area contributed by atoms with Gasteiger partial charge in [-0.3, -0.25) is 0 Å². The van der Waals surface area contributed by atoms with Gasteiger partial charge in [0.2, 0.25) is 0 Å². The zero-order valence-electron chi connectivity index (χ0n) is 28.7. The number of para-hydroxylation sites is 1. The molecular formula is C50H31NOS. The number of thiophene rings is 1. The Morgan fingerprint density at radius 3 is 1.91 bits per heavy atom. The number of furan rings is 1. The molecular weight excluding hydrogens is 663 g/mol. The average Bonchev–Trinajstić information content (AvgIpc) is 3.80. The quantitative estimate of drug-likeness (QED) is 0.178. The van der Waals surface area contributed by atoms with Gasteiger partial charge in [-0.2, -0.15) is 0 Å². The van der Waals surface area contributed by atoms with Crippen molar-refractivity contribution in [1.82, 2.24) is 0 Å². The first-order chi connectivity index (χ1) is 26.3. The number of anilines is 3. The van der Waals surface area contributed by atoms with E-state index in [2.05, 4.69) is 193 Å². The summed E-state index contributed by atoms with van der Waals surface area (Å²) in [6, 6.07) is 68.0. The number of hydrogen-bond acceptors (Lipinski definition) is 3.